The number of aryl methyl sites for hydroxylation is 2. The van der Waals surface area contributed by atoms with Gasteiger partial charge in [0.1, 0.15) is 5.88 Å². The molecular formula is C18H20ClNO. The summed E-state index contributed by atoms with van der Waals surface area (Å²) < 4.78 is 0. The topological polar surface area (TPSA) is 20.3 Å². The second-order valence-electron chi connectivity index (χ2n) is 5.16. The van der Waals surface area contributed by atoms with Gasteiger partial charge in [-0.1, -0.05) is 48.5 Å². The van der Waals surface area contributed by atoms with Gasteiger partial charge >= 0.3 is 0 Å². The zero-order valence-electron chi connectivity index (χ0n) is 12.5. The van der Waals surface area contributed by atoms with Gasteiger partial charge in [0.25, 0.3) is 0 Å². The van der Waals surface area contributed by atoms with E-state index in [4.69, 9.17) is 11.6 Å². The summed E-state index contributed by atoms with van der Waals surface area (Å²) in [5, 5.41) is 0. The van der Waals surface area contributed by atoms with Crippen molar-refractivity contribution in [1.82, 2.24) is 0 Å². The van der Waals surface area contributed by atoms with Crippen LogP contribution in [0, 0.1) is 13.8 Å². The van der Waals surface area contributed by atoms with Gasteiger partial charge in [-0.15, -0.1) is 11.6 Å². The quantitative estimate of drug-likeness (QED) is 0.761. The maximum absolute atomic E-state index is 12.2. The summed E-state index contributed by atoms with van der Waals surface area (Å²) >= 11 is 5.79. The summed E-state index contributed by atoms with van der Waals surface area (Å²) in [5.74, 6) is -0.0484. The van der Waals surface area contributed by atoms with Gasteiger partial charge in [-0.05, 0) is 37.0 Å². The van der Waals surface area contributed by atoms with Crippen LogP contribution >= 0.6 is 11.6 Å². The van der Waals surface area contributed by atoms with Crippen LogP contribution in [0.25, 0.3) is 0 Å². The van der Waals surface area contributed by atoms with E-state index in [-0.39, 0.29) is 11.8 Å². The number of carbonyl (C=O) groups is 1. The largest absolute Gasteiger partial charge is 0.311 e. The average molecular weight is 302 g/mol. The number of halogens is 1. The fraction of sp³-hybridized carbons (Fsp3) is 0.278. The van der Waals surface area contributed by atoms with Gasteiger partial charge in [-0.25, -0.2) is 0 Å². The van der Waals surface area contributed by atoms with E-state index < -0.39 is 0 Å². The first-order valence-electron chi connectivity index (χ1n) is 7.10. The van der Waals surface area contributed by atoms with Crippen LogP contribution in [-0.4, -0.2) is 18.3 Å². The van der Waals surface area contributed by atoms with Gasteiger partial charge in [-0.3, -0.25) is 4.79 Å². The molecule has 0 spiro atoms. The van der Waals surface area contributed by atoms with Crippen molar-refractivity contribution in [3.05, 3.63) is 65.2 Å². The Morgan fingerprint density at radius 1 is 1.00 bits per heavy atom. The molecule has 0 aromatic heterocycles. The minimum absolute atomic E-state index is 0.00254. The standard InChI is InChI=1S/C18H20ClNO/c1-14-7-6-8-15(2)18(14)20(17(21)13-19)12-11-16-9-4-3-5-10-16/h3-10H,11-13H2,1-2H3. The number of para-hydroxylation sites is 1. The fourth-order valence-corrected chi connectivity index (χ4v) is 2.69. The Kier molecular flexibility index (Phi) is 5.40. The first-order chi connectivity index (χ1) is 10.1. The van der Waals surface area contributed by atoms with Crippen molar-refractivity contribution >= 4 is 23.2 Å². The van der Waals surface area contributed by atoms with Gasteiger partial charge in [0.15, 0.2) is 0 Å². The Hall–Kier alpha value is -1.80. The molecule has 110 valence electrons. The van der Waals surface area contributed by atoms with E-state index in [0.29, 0.717) is 6.54 Å². The minimum atomic E-state index is -0.0509. The monoisotopic (exact) mass is 301 g/mol. The molecule has 2 nitrogen and oxygen atoms in total. The lowest BCUT2D eigenvalue weighted by Crippen LogP contribution is -2.35. The Morgan fingerprint density at radius 2 is 1.62 bits per heavy atom. The molecule has 21 heavy (non-hydrogen) atoms. The summed E-state index contributed by atoms with van der Waals surface area (Å²) in [7, 11) is 0. The SMILES string of the molecule is Cc1cccc(C)c1N(CCc1ccccc1)C(=O)CCl. The van der Waals surface area contributed by atoms with Gasteiger partial charge in [-0.2, -0.15) is 0 Å². The second kappa shape index (κ2) is 7.28. The molecule has 2 aromatic carbocycles. The highest BCUT2D eigenvalue weighted by Gasteiger charge is 2.18. The van der Waals surface area contributed by atoms with E-state index in [2.05, 4.69) is 12.1 Å². The number of hydrogen-bond acceptors (Lipinski definition) is 1. The van der Waals surface area contributed by atoms with Crippen molar-refractivity contribution < 1.29 is 4.79 Å². The summed E-state index contributed by atoms with van der Waals surface area (Å²) in [5.41, 5.74) is 4.40. The van der Waals surface area contributed by atoms with Crippen LogP contribution < -0.4 is 4.90 Å². The zero-order chi connectivity index (χ0) is 15.2. The van der Waals surface area contributed by atoms with Crippen molar-refractivity contribution in [3.8, 4) is 0 Å². The van der Waals surface area contributed by atoms with Crippen LogP contribution in [0.1, 0.15) is 16.7 Å². The molecule has 0 heterocycles. The Labute approximate surface area is 131 Å². The van der Waals surface area contributed by atoms with E-state index in [1.54, 1.807) is 0 Å². The Bertz CT molecular complexity index is 590. The molecule has 0 saturated carbocycles. The molecule has 0 radical (unpaired) electrons. The zero-order valence-corrected chi connectivity index (χ0v) is 13.2. The first-order valence-corrected chi connectivity index (χ1v) is 7.63. The number of anilines is 1. The van der Waals surface area contributed by atoms with E-state index >= 15 is 0 Å². The number of alkyl halides is 1. The molecular weight excluding hydrogens is 282 g/mol. The van der Waals surface area contributed by atoms with Crippen LogP contribution in [0.4, 0.5) is 5.69 Å². The highest BCUT2D eigenvalue weighted by molar-refractivity contribution is 6.29. The van der Waals surface area contributed by atoms with Crippen molar-refractivity contribution in [2.75, 3.05) is 17.3 Å². The molecule has 0 aliphatic rings. The fourth-order valence-electron chi connectivity index (χ4n) is 2.55. The van der Waals surface area contributed by atoms with Crippen molar-refractivity contribution in [2.45, 2.75) is 20.3 Å². The van der Waals surface area contributed by atoms with E-state index in [1.807, 2.05) is 55.1 Å². The average Bonchev–Trinajstić information content (AvgIpc) is 2.50. The molecule has 0 aliphatic carbocycles. The first kappa shape index (κ1) is 15.6. The van der Waals surface area contributed by atoms with E-state index in [9.17, 15) is 4.79 Å². The van der Waals surface area contributed by atoms with Gasteiger partial charge < -0.3 is 4.90 Å². The number of hydrogen-bond donors (Lipinski definition) is 0. The predicted octanol–water partition coefficient (Wildman–Crippen LogP) is 4.12. The normalized spacial score (nSPS) is 10.4. The lowest BCUT2D eigenvalue weighted by molar-refractivity contribution is -0.116. The molecule has 0 aliphatic heterocycles. The number of nitrogens with zero attached hydrogens (tertiary/aromatic N) is 1. The number of rotatable bonds is 5. The lowest BCUT2D eigenvalue weighted by atomic mass is 10.1. The van der Waals surface area contributed by atoms with Crippen molar-refractivity contribution in [1.29, 1.82) is 0 Å². The smallest absolute Gasteiger partial charge is 0.241 e. The third kappa shape index (κ3) is 3.85. The van der Waals surface area contributed by atoms with Crippen LogP contribution in [0.5, 0.6) is 0 Å². The highest BCUT2D eigenvalue weighted by atomic mass is 35.5. The van der Waals surface area contributed by atoms with E-state index in [0.717, 1.165) is 23.2 Å². The van der Waals surface area contributed by atoms with Gasteiger partial charge in [0.05, 0.1) is 0 Å². The number of benzene rings is 2. The molecule has 0 fully saturated rings. The van der Waals surface area contributed by atoms with Crippen molar-refractivity contribution in [3.63, 3.8) is 0 Å². The summed E-state index contributed by atoms with van der Waals surface area (Å²) in [6.07, 6.45) is 0.817. The lowest BCUT2D eigenvalue weighted by Gasteiger charge is -2.25. The molecule has 0 unspecified atom stereocenters. The summed E-state index contributed by atoms with van der Waals surface area (Å²) in [6.45, 7) is 4.69. The molecule has 0 saturated heterocycles. The second-order valence-corrected chi connectivity index (χ2v) is 5.42. The summed E-state index contributed by atoms with van der Waals surface area (Å²) in [6, 6.07) is 16.2. The number of carbonyl (C=O) groups excluding carboxylic acids is 1. The molecule has 2 aromatic rings. The Balaban J connectivity index is 2.25. The molecule has 1 amide bonds. The van der Waals surface area contributed by atoms with Crippen LogP contribution in [0.15, 0.2) is 48.5 Å². The Morgan fingerprint density at radius 3 is 2.19 bits per heavy atom. The van der Waals surface area contributed by atoms with Crippen molar-refractivity contribution in [2.24, 2.45) is 0 Å². The molecule has 2 rings (SSSR count). The number of amides is 1. The molecule has 0 N–H and O–H groups in total. The third-order valence-electron chi connectivity index (χ3n) is 3.59. The van der Waals surface area contributed by atoms with Crippen LogP contribution in [-0.2, 0) is 11.2 Å². The van der Waals surface area contributed by atoms with Crippen LogP contribution in [0.2, 0.25) is 0 Å². The molecule has 3 heteroatoms. The van der Waals surface area contributed by atoms with Gasteiger partial charge in [0, 0.05) is 12.2 Å². The van der Waals surface area contributed by atoms with Gasteiger partial charge in [0.2, 0.25) is 5.91 Å². The summed E-state index contributed by atoms with van der Waals surface area (Å²) in [4.78, 5) is 14.0. The maximum atomic E-state index is 12.2. The molecule has 0 bridgehead atoms. The third-order valence-corrected chi connectivity index (χ3v) is 3.82. The maximum Gasteiger partial charge on any atom is 0.241 e. The minimum Gasteiger partial charge on any atom is -0.311 e. The molecule has 0 atom stereocenters. The predicted molar refractivity (Wildman–Crippen MR) is 89.1 cm³/mol. The highest BCUT2D eigenvalue weighted by Crippen LogP contribution is 2.25. The van der Waals surface area contributed by atoms with Crippen LogP contribution in [0.3, 0.4) is 0 Å². The van der Waals surface area contributed by atoms with E-state index in [1.165, 1.54) is 5.56 Å².